The second-order valence-corrected chi connectivity index (χ2v) is 6.43. The predicted molar refractivity (Wildman–Crippen MR) is 109 cm³/mol. The number of ether oxygens (including phenoxy) is 1. The van der Waals surface area contributed by atoms with Crippen molar-refractivity contribution in [3.05, 3.63) is 95.0 Å². The summed E-state index contributed by atoms with van der Waals surface area (Å²) in [5, 5.41) is 6.59. The Morgan fingerprint density at radius 1 is 0.889 bits per heavy atom. The van der Waals surface area contributed by atoms with E-state index in [-0.39, 0.29) is 12.5 Å². The Bertz CT molecular complexity index is 867. The van der Waals surface area contributed by atoms with Crippen LogP contribution in [0.4, 0.5) is 5.69 Å². The fourth-order valence-corrected chi connectivity index (χ4v) is 2.69. The van der Waals surface area contributed by atoms with Gasteiger partial charge in [0.15, 0.2) is 0 Å². The quantitative estimate of drug-likeness (QED) is 0.598. The summed E-state index contributed by atoms with van der Waals surface area (Å²) in [7, 11) is 0. The second-order valence-electron chi connectivity index (χ2n) is 6.02. The minimum absolute atomic E-state index is 0.0978. The third-order valence-electron chi connectivity index (χ3n) is 3.99. The maximum Gasteiger partial charge on any atom is 0.239 e. The van der Waals surface area contributed by atoms with E-state index in [1.807, 2.05) is 78.9 Å². The lowest BCUT2D eigenvalue weighted by molar-refractivity contribution is -0.119. The predicted octanol–water partition coefficient (Wildman–Crippen LogP) is 4.65. The van der Waals surface area contributed by atoms with Gasteiger partial charge in [-0.25, -0.2) is 0 Å². The van der Waals surface area contributed by atoms with Gasteiger partial charge in [-0.2, -0.15) is 0 Å². The molecule has 0 aromatic heterocycles. The molecule has 3 aromatic carbocycles. The molecular weight excluding hydrogens is 360 g/mol. The van der Waals surface area contributed by atoms with Crippen molar-refractivity contribution in [2.45, 2.75) is 13.2 Å². The Hall–Kier alpha value is -2.98. The molecule has 4 nitrogen and oxygen atoms in total. The van der Waals surface area contributed by atoms with Crippen LogP contribution in [0.3, 0.4) is 0 Å². The second kappa shape index (κ2) is 9.64. The molecule has 27 heavy (non-hydrogen) atoms. The lowest BCUT2D eigenvalue weighted by Gasteiger charge is -2.10. The van der Waals surface area contributed by atoms with Crippen LogP contribution in [0, 0.1) is 0 Å². The van der Waals surface area contributed by atoms with E-state index in [9.17, 15) is 4.79 Å². The van der Waals surface area contributed by atoms with Crippen molar-refractivity contribution < 1.29 is 9.53 Å². The van der Waals surface area contributed by atoms with E-state index < -0.39 is 0 Å². The lowest BCUT2D eigenvalue weighted by Crippen LogP contribution is -2.29. The van der Waals surface area contributed by atoms with Gasteiger partial charge in [0.25, 0.3) is 0 Å². The molecule has 0 bridgehead atoms. The molecule has 138 valence electrons. The van der Waals surface area contributed by atoms with Crippen LogP contribution in [-0.2, 0) is 17.9 Å². The minimum atomic E-state index is -0.0978. The molecule has 5 heteroatoms. The van der Waals surface area contributed by atoms with Gasteiger partial charge in [-0.05, 0) is 41.5 Å². The highest BCUT2D eigenvalue weighted by atomic mass is 35.5. The summed E-state index contributed by atoms with van der Waals surface area (Å²) < 4.78 is 5.75. The first-order valence-electron chi connectivity index (χ1n) is 8.71. The summed E-state index contributed by atoms with van der Waals surface area (Å²) in [6.07, 6.45) is 0. The van der Waals surface area contributed by atoms with Crippen LogP contribution in [-0.4, -0.2) is 12.5 Å². The molecule has 0 spiro atoms. The number of carbonyl (C=O) groups excluding carboxylic acids is 1. The summed E-state index contributed by atoms with van der Waals surface area (Å²) in [6, 6.07) is 25.0. The highest BCUT2D eigenvalue weighted by Crippen LogP contribution is 2.17. The molecule has 0 radical (unpaired) electrons. The van der Waals surface area contributed by atoms with Crippen molar-refractivity contribution in [1.82, 2.24) is 5.32 Å². The van der Waals surface area contributed by atoms with Gasteiger partial charge in [0, 0.05) is 17.3 Å². The molecule has 0 saturated carbocycles. The highest BCUT2D eigenvalue weighted by molar-refractivity contribution is 6.31. The number of halogens is 1. The molecule has 0 heterocycles. The maximum atomic E-state index is 12.0. The van der Waals surface area contributed by atoms with Crippen LogP contribution in [0.15, 0.2) is 78.9 Å². The fraction of sp³-hybridized carbons (Fsp3) is 0.136. The van der Waals surface area contributed by atoms with Gasteiger partial charge in [0.2, 0.25) is 5.91 Å². The maximum absolute atomic E-state index is 12.0. The fourth-order valence-electron chi connectivity index (χ4n) is 2.49. The summed E-state index contributed by atoms with van der Waals surface area (Å²) in [5.41, 5.74) is 2.87. The molecule has 3 aromatic rings. The van der Waals surface area contributed by atoms with Gasteiger partial charge >= 0.3 is 0 Å². The van der Waals surface area contributed by atoms with Crippen molar-refractivity contribution in [2.75, 3.05) is 11.9 Å². The molecule has 0 aliphatic heterocycles. The number of nitrogens with one attached hydrogen (secondary N) is 2. The molecule has 0 aliphatic rings. The Labute approximate surface area is 164 Å². The molecular formula is C22H21ClN2O2. The molecule has 2 N–H and O–H groups in total. The number of hydrogen-bond acceptors (Lipinski definition) is 3. The van der Waals surface area contributed by atoms with Crippen LogP contribution in [0.25, 0.3) is 0 Å². The average molecular weight is 381 g/mol. The largest absolute Gasteiger partial charge is 0.489 e. The molecule has 0 fully saturated rings. The smallest absolute Gasteiger partial charge is 0.239 e. The molecule has 0 saturated heterocycles. The third-order valence-corrected chi connectivity index (χ3v) is 4.36. The van der Waals surface area contributed by atoms with Gasteiger partial charge in [0.05, 0.1) is 6.54 Å². The first kappa shape index (κ1) is 18.8. The van der Waals surface area contributed by atoms with Gasteiger partial charge in [0.1, 0.15) is 12.4 Å². The van der Waals surface area contributed by atoms with Gasteiger partial charge in [-0.3, -0.25) is 4.79 Å². The first-order valence-corrected chi connectivity index (χ1v) is 9.09. The molecule has 0 atom stereocenters. The summed E-state index contributed by atoms with van der Waals surface area (Å²) in [6.45, 7) is 1.12. The normalized spacial score (nSPS) is 10.3. The molecule has 3 rings (SSSR count). The zero-order valence-corrected chi connectivity index (χ0v) is 15.6. The van der Waals surface area contributed by atoms with Crippen molar-refractivity contribution in [3.63, 3.8) is 0 Å². The number of amides is 1. The van der Waals surface area contributed by atoms with E-state index in [1.165, 1.54) is 0 Å². The molecule has 1 amide bonds. The van der Waals surface area contributed by atoms with E-state index in [2.05, 4.69) is 10.6 Å². The van der Waals surface area contributed by atoms with Crippen LogP contribution >= 0.6 is 11.6 Å². The Kier molecular flexibility index (Phi) is 6.72. The van der Waals surface area contributed by atoms with Crippen LogP contribution in [0.1, 0.15) is 11.1 Å². The molecule has 0 aliphatic carbocycles. The zero-order chi connectivity index (χ0) is 18.9. The van der Waals surface area contributed by atoms with E-state index in [1.54, 1.807) is 0 Å². The third kappa shape index (κ3) is 6.04. The standard InChI is InChI=1S/C22H21ClN2O2/c23-21-9-5-4-8-18(21)14-25-22(26)15-24-19-10-12-20(13-11-19)27-16-17-6-2-1-3-7-17/h1-13,24H,14-16H2,(H,25,26). The molecule has 0 unspecified atom stereocenters. The van der Waals surface area contributed by atoms with Gasteiger partial charge < -0.3 is 15.4 Å². The Balaban J connectivity index is 1.41. The van der Waals surface area contributed by atoms with Crippen molar-refractivity contribution in [1.29, 1.82) is 0 Å². The van der Waals surface area contributed by atoms with Crippen molar-refractivity contribution in [2.24, 2.45) is 0 Å². The van der Waals surface area contributed by atoms with E-state index in [4.69, 9.17) is 16.3 Å². The zero-order valence-electron chi connectivity index (χ0n) is 14.8. The first-order chi connectivity index (χ1) is 13.2. The number of benzene rings is 3. The highest BCUT2D eigenvalue weighted by Gasteiger charge is 2.04. The van der Waals surface area contributed by atoms with Gasteiger partial charge in [-0.15, -0.1) is 0 Å². The Morgan fingerprint density at radius 3 is 2.33 bits per heavy atom. The number of rotatable bonds is 8. The summed E-state index contributed by atoms with van der Waals surface area (Å²) >= 11 is 6.08. The van der Waals surface area contributed by atoms with E-state index in [0.717, 1.165) is 22.6 Å². The van der Waals surface area contributed by atoms with E-state index in [0.29, 0.717) is 18.2 Å². The minimum Gasteiger partial charge on any atom is -0.489 e. The Morgan fingerprint density at radius 2 is 1.59 bits per heavy atom. The summed E-state index contributed by atoms with van der Waals surface area (Å²) in [5.74, 6) is 0.687. The summed E-state index contributed by atoms with van der Waals surface area (Å²) in [4.78, 5) is 12.0. The number of carbonyl (C=O) groups is 1. The van der Waals surface area contributed by atoms with Crippen LogP contribution in [0.2, 0.25) is 5.02 Å². The SMILES string of the molecule is O=C(CNc1ccc(OCc2ccccc2)cc1)NCc1ccccc1Cl. The van der Waals surface area contributed by atoms with Crippen LogP contribution in [0.5, 0.6) is 5.75 Å². The lowest BCUT2D eigenvalue weighted by atomic mass is 10.2. The number of anilines is 1. The van der Waals surface area contributed by atoms with Crippen molar-refractivity contribution >= 4 is 23.2 Å². The van der Waals surface area contributed by atoms with Gasteiger partial charge in [-0.1, -0.05) is 60.1 Å². The monoisotopic (exact) mass is 380 g/mol. The number of hydrogen-bond donors (Lipinski definition) is 2. The average Bonchev–Trinajstić information content (AvgIpc) is 2.71. The van der Waals surface area contributed by atoms with E-state index >= 15 is 0 Å². The van der Waals surface area contributed by atoms with Crippen molar-refractivity contribution in [3.8, 4) is 5.75 Å². The topological polar surface area (TPSA) is 50.4 Å². The van der Waals surface area contributed by atoms with Crippen LogP contribution < -0.4 is 15.4 Å².